The molecule has 0 unspecified atom stereocenters. The summed E-state index contributed by atoms with van der Waals surface area (Å²) in [7, 11) is 0. The number of para-hydroxylation sites is 2. The van der Waals surface area contributed by atoms with Gasteiger partial charge in [0.05, 0.1) is 10.7 Å². The van der Waals surface area contributed by atoms with Gasteiger partial charge in [-0.2, -0.15) is 0 Å². The number of likely N-dealkylation sites (tertiary alicyclic amines) is 1. The zero-order valence-electron chi connectivity index (χ0n) is 16.1. The fourth-order valence-electron chi connectivity index (χ4n) is 4.18. The van der Waals surface area contributed by atoms with Crippen molar-refractivity contribution < 1.29 is 4.79 Å². The molecule has 2 aliphatic rings. The highest BCUT2D eigenvalue weighted by atomic mass is 35.5. The number of hydrogen-bond acceptors (Lipinski definition) is 3. The van der Waals surface area contributed by atoms with Gasteiger partial charge in [0.2, 0.25) is 0 Å². The maximum Gasteiger partial charge on any atom is 0.321 e. The van der Waals surface area contributed by atoms with E-state index in [1.807, 2.05) is 23.1 Å². The molecule has 2 amide bonds. The molecule has 2 aromatic carbocycles. The third kappa shape index (κ3) is 4.42. The van der Waals surface area contributed by atoms with Gasteiger partial charge < -0.3 is 15.1 Å². The lowest BCUT2D eigenvalue weighted by Gasteiger charge is -2.43. The van der Waals surface area contributed by atoms with Gasteiger partial charge in [-0.3, -0.25) is 4.90 Å². The monoisotopic (exact) mass is 398 g/mol. The first-order valence-corrected chi connectivity index (χ1v) is 10.4. The fraction of sp³-hybridized carbons (Fsp3) is 0.409. The molecule has 28 heavy (non-hydrogen) atoms. The van der Waals surface area contributed by atoms with Crippen molar-refractivity contribution in [3.63, 3.8) is 0 Å². The van der Waals surface area contributed by atoms with Crippen LogP contribution in [0.3, 0.4) is 0 Å². The standard InChI is InChI=1S/C22H27ClN4O/c23-20-8-4-5-9-21(20)24-22(28)27-12-10-19(11-13-27)26-16-14-25(15-17-26)18-6-2-1-3-7-18/h1-9,19H,10-17H2,(H,24,28). The van der Waals surface area contributed by atoms with Crippen LogP contribution in [0.5, 0.6) is 0 Å². The van der Waals surface area contributed by atoms with E-state index in [1.165, 1.54) is 5.69 Å². The lowest BCUT2D eigenvalue weighted by molar-refractivity contribution is 0.116. The van der Waals surface area contributed by atoms with Crippen molar-refractivity contribution in [2.24, 2.45) is 0 Å². The lowest BCUT2D eigenvalue weighted by atomic mass is 10.0. The molecule has 4 rings (SSSR count). The fourth-order valence-corrected chi connectivity index (χ4v) is 4.36. The van der Waals surface area contributed by atoms with Crippen LogP contribution in [0.25, 0.3) is 0 Å². The smallest absolute Gasteiger partial charge is 0.321 e. The molecule has 2 heterocycles. The first kappa shape index (κ1) is 19.1. The Morgan fingerprint density at radius 2 is 1.50 bits per heavy atom. The van der Waals surface area contributed by atoms with Gasteiger partial charge in [0.15, 0.2) is 0 Å². The second kappa shape index (κ2) is 8.84. The minimum absolute atomic E-state index is 0.0551. The minimum Gasteiger partial charge on any atom is -0.369 e. The van der Waals surface area contributed by atoms with Crippen LogP contribution in [-0.4, -0.2) is 61.1 Å². The molecule has 148 valence electrons. The Bertz CT molecular complexity index is 784. The molecular weight excluding hydrogens is 372 g/mol. The Morgan fingerprint density at radius 3 is 2.18 bits per heavy atom. The van der Waals surface area contributed by atoms with Crippen molar-refractivity contribution in [2.75, 3.05) is 49.5 Å². The Labute approximate surface area is 171 Å². The predicted octanol–water partition coefficient (Wildman–Crippen LogP) is 4.16. The Morgan fingerprint density at radius 1 is 0.857 bits per heavy atom. The molecule has 0 bridgehead atoms. The number of nitrogens with zero attached hydrogens (tertiary/aromatic N) is 3. The van der Waals surface area contributed by atoms with Gasteiger partial charge in [0, 0.05) is 51.0 Å². The van der Waals surface area contributed by atoms with Crippen molar-refractivity contribution >= 4 is 29.0 Å². The average Bonchev–Trinajstić information content (AvgIpc) is 2.76. The van der Waals surface area contributed by atoms with Crippen molar-refractivity contribution in [3.8, 4) is 0 Å². The summed E-state index contributed by atoms with van der Waals surface area (Å²) >= 11 is 6.14. The SMILES string of the molecule is O=C(Nc1ccccc1Cl)N1CCC(N2CCN(c3ccccc3)CC2)CC1. The van der Waals surface area contributed by atoms with Crippen LogP contribution < -0.4 is 10.2 Å². The molecule has 2 aromatic rings. The molecule has 0 aliphatic carbocycles. The number of halogens is 1. The van der Waals surface area contributed by atoms with Gasteiger partial charge in [-0.15, -0.1) is 0 Å². The van der Waals surface area contributed by atoms with Gasteiger partial charge in [-0.1, -0.05) is 41.9 Å². The summed E-state index contributed by atoms with van der Waals surface area (Å²) in [5.74, 6) is 0. The van der Waals surface area contributed by atoms with Gasteiger partial charge in [0.1, 0.15) is 0 Å². The zero-order chi connectivity index (χ0) is 19.3. The molecule has 1 N–H and O–H groups in total. The van der Waals surface area contributed by atoms with E-state index in [0.717, 1.165) is 52.1 Å². The predicted molar refractivity (Wildman–Crippen MR) is 115 cm³/mol. The number of piperidine rings is 1. The molecule has 2 fully saturated rings. The zero-order valence-corrected chi connectivity index (χ0v) is 16.8. The van der Waals surface area contributed by atoms with Crippen LogP contribution in [0, 0.1) is 0 Å². The number of piperazine rings is 1. The molecule has 0 aromatic heterocycles. The maximum absolute atomic E-state index is 12.5. The van der Waals surface area contributed by atoms with Gasteiger partial charge in [-0.25, -0.2) is 4.79 Å². The van der Waals surface area contributed by atoms with Crippen molar-refractivity contribution in [1.82, 2.24) is 9.80 Å². The van der Waals surface area contributed by atoms with Gasteiger partial charge in [0.25, 0.3) is 0 Å². The van der Waals surface area contributed by atoms with Crippen LogP contribution in [0.2, 0.25) is 5.02 Å². The van der Waals surface area contributed by atoms with E-state index in [0.29, 0.717) is 16.8 Å². The summed E-state index contributed by atoms with van der Waals surface area (Å²) in [6.07, 6.45) is 2.06. The summed E-state index contributed by atoms with van der Waals surface area (Å²) in [6.45, 7) is 5.89. The Balaban J connectivity index is 1.24. The molecule has 2 saturated heterocycles. The highest BCUT2D eigenvalue weighted by Crippen LogP contribution is 2.24. The van der Waals surface area contributed by atoms with E-state index in [2.05, 4.69) is 45.4 Å². The van der Waals surface area contributed by atoms with Gasteiger partial charge in [-0.05, 0) is 37.1 Å². The number of hydrogen-bond donors (Lipinski definition) is 1. The van der Waals surface area contributed by atoms with Crippen LogP contribution in [-0.2, 0) is 0 Å². The third-order valence-electron chi connectivity index (χ3n) is 5.82. The summed E-state index contributed by atoms with van der Waals surface area (Å²) in [5.41, 5.74) is 1.99. The average molecular weight is 399 g/mol. The van der Waals surface area contributed by atoms with E-state index < -0.39 is 0 Å². The van der Waals surface area contributed by atoms with E-state index in [9.17, 15) is 4.79 Å². The largest absolute Gasteiger partial charge is 0.369 e. The molecule has 0 saturated carbocycles. The second-order valence-electron chi connectivity index (χ2n) is 7.49. The van der Waals surface area contributed by atoms with Crippen molar-refractivity contribution in [3.05, 3.63) is 59.6 Å². The number of carbonyl (C=O) groups is 1. The number of rotatable bonds is 3. The molecule has 0 radical (unpaired) electrons. The molecule has 6 heteroatoms. The number of nitrogens with one attached hydrogen (secondary N) is 1. The summed E-state index contributed by atoms with van der Waals surface area (Å²) in [6, 6.07) is 18.5. The molecular formula is C22H27ClN4O. The quantitative estimate of drug-likeness (QED) is 0.843. The molecule has 5 nitrogen and oxygen atoms in total. The number of carbonyl (C=O) groups excluding carboxylic acids is 1. The molecule has 0 atom stereocenters. The van der Waals surface area contributed by atoms with E-state index in [-0.39, 0.29) is 6.03 Å². The topological polar surface area (TPSA) is 38.8 Å². The van der Waals surface area contributed by atoms with E-state index in [1.54, 1.807) is 6.07 Å². The number of anilines is 2. The third-order valence-corrected chi connectivity index (χ3v) is 6.15. The number of urea groups is 1. The van der Waals surface area contributed by atoms with E-state index in [4.69, 9.17) is 11.6 Å². The summed E-state index contributed by atoms with van der Waals surface area (Å²) in [5, 5.41) is 3.50. The summed E-state index contributed by atoms with van der Waals surface area (Å²) in [4.78, 5) is 19.5. The van der Waals surface area contributed by atoms with Crippen molar-refractivity contribution in [2.45, 2.75) is 18.9 Å². The number of benzene rings is 2. The highest BCUT2D eigenvalue weighted by molar-refractivity contribution is 6.33. The first-order chi connectivity index (χ1) is 13.7. The van der Waals surface area contributed by atoms with Crippen LogP contribution in [0.15, 0.2) is 54.6 Å². The van der Waals surface area contributed by atoms with Crippen LogP contribution >= 0.6 is 11.6 Å². The molecule has 0 spiro atoms. The van der Waals surface area contributed by atoms with Gasteiger partial charge >= 0.3 is 6.03 Å². The van der Waals surface area contributed by atoms with Crippen LogP contribution in [0.1, 0.15) is 12.8 Å². The Kier molecular flexibility index (Phi) is 6.03. The van der Waals surface area contributed by atoms with Crippen molar-refractivity contribution in [1.29, 1.82) is 0 Å². The first-order valence-electron chi connectivity index (χ1n) is 10.1. The van der Waals surface area contributed by atoms with Crippen LogP contribution in [0.4, 0.5) is 16.2 Å². The normalized spacial score (nSPS) is 18.9. The Hall–Kier alpha value is -2.24. The summed E-state index contributed by atoms with van der Waals surface area (Å²) < 4.78 is 0. The lowest BCUT2D eigenvalue weighted by Crippen LogP contribution is -2.54. The minimum atomic E-state index is -0.0551. The maximum atomic E-state index is 12.5. The van der Waals surface area contributed by atoms with E-state index >= 15 is 0 Å². The number of amides is 2. The highest BCUT2D eigenvalue weighted by Gasteiger charge is 2.29. The second-order valence-corrected chi connectivity index (χ2v) is 7.89. The molecule has 2 aliphatic heterocycles.